The SMILES string of the molecule is CC/C=C\C/C=C\C/C=C\C(CCCCCCC(=O)NCC(=O)O)OC(=O)CCCCCCCCCCCCCCC. The molecule has 0 radical (unpaired) electrons. The Morgan fingerprint density at radius 2 is 1.14 bits per heavy atom. The van der Waals surface area contributed by atoms with Crippen molar-refractivity contribution in [3.63, 3.8) is 0 Å². The van der Waals surface area contributed by atoms with Crippen LogP contribution in [0.3, 0.4) is 0 Å². The number of allylic oxidation sites excluding steroid dienone is 5. The number of rotatable bonds is 30. The molecule has 0 heterocycles. The maximum Gasteiger partial charge on any atom is 0.322 e. The van der Waals surface area contributed by atoms with Crippen LogP contribution in [0.4, 0.5) is 0 Å². The topological polar surface area (TPSA) is 92.7 Å². The highest BCUT2D eigenvalue weighted by atomic mass is 16.5. The molecule has 0 fully saturated rings. The zero-order valence-electron chi connectivity index (χ0n) is 27.1. The Bertz CT molecular complexity index is 743. The van der Waals surface area contributed by atoms with Crippen molar-refractivity contribution in [3.05, 3.63) is 36.5 Å². The first-order valence-corrected chi connectivity index (χ1v) is 17.1. The molecular weight excluding hydrogens is 526 g/mol. The van der Waals surface area contributed by atoms with Gasteiger partial charge in [-0.2, -0.15) is 0 Å². The lowest BCUT2D eigenvalue weighted by molar-refractivity contribution is -0.147. The van der Waals surface area contributed by atoms with Crippen LogP contribution in [0.5, 0.6) is 0 Å². The molecule has 1 unspecified atom stereocenters. The second kappa shape index (κ2) is 31.6. The van der Waals surface area contributed by atoms with Crippen molar-refractivity contribution in [2.75, 3.05) is 6.54 Å². The molecule has 0 saturated carbocycles. The van der Waals surface area contributed by atoms with Crippen molar-refractivity contribution in [1.29, 1.82) is 0 Å². The number of carbonyl (C=O) groups excluding carboxylic acids is 2. The van der Waals surface area contributed by atoms with Crippen molar-refractivity contribution >= 4 is 17.8 Å². The zero-order chi connectivity index (χ0) is 30.9. The molecular formula is C36H63NO5. The Morgan fingerprint density at radius 3 is 1.71 bits per heavy atom. The Balaban J connectivity index is 4.22. The summed E-state index contributed by atoms with van der Waals surface area (Å²) in [6.07, 6.45) is 37.1. The van der Waals surface area contributed by atoms with E-state index in [1.165, 1.54) is 70.6 Å². The quantitative estimate of drug-likeness (QED) is 0.0494. The second-order valence-corrected chi connectivity index (χ2v) is 11.4. The molecule has 6 nitrogen and oxygen atoms in total. The summed E-state index contributed by atoms with van der Waals surface area (Å²) in [6, 6.07) is 0. The van der Waals surface area contributed by atoms with Gasteiger partial charge in [-0.1, -0.05) is 134 Å². The van der Waals surface area contributed by atoms with Crippen LogP contribution in [-0.4, -0.2) is 35.6 Å². The minimum atomic E-state index is -1.03. The maximum atomic E-state index is 12.5. The van der Waals surface area contributed by atoms with Crippen LogP contribution in [0.2, 0.25) is 0 Å². The molecule has 1 atom stereocenters. The highest BCUT2D eigenvalue weighted by Gasteiger charge is 2.11. The molecule has 0 aliphatic carbocycles. The standard InChI is InChI=1S/C36H63NO5/c1-3-5-7-9-11-13-14-15-16-17-19-21-27-31-36(41)42-33(28-24-20-18-12-10-8-6-4-2)29-25-22-23-26-30-34(38)37-32-35(39)40/h6,8,12,18,24,28,33H,3-5,7,9-11,13-17,19-23,25-27,29-32H2,1-2H3,(H,37,38)(H,39,40)/b8-6-,18-12-,28-24-. The van der Waals surface area contributed by atoms with Crippen molar-refractivity contribution in [1.82, 2.24) is 5.32 Å². The first-order valence-electron chi connectivity index (χ1n) is 17.1. The summed E-state index contributed by atoms with van der Waals surface area (Å²) in [5.41, 5.74) is 0. The fraction of sp³-hybridized carbons (Fsp3) is 0.750. The Morgan fingerprint density at radius 1 is 0.643 bits per heavy atom. The maximum absolute atomic E-state index is 12.5. The molecule has 0 aliphatic heterocycles. The van der Waals surface area contributed by atoms with Gasteiger partial charge in [0.1, 0.15) is 12.6 Å². The molecule has 0 aliphatic rings. The Hall–Kier alpha value is -2.37. The fourth-order valence-corrected chi connectivity index (χ4v) is 4.80. The molecule has 0 rings (SSSR count). The van der Waals surface area contributed by atoms with Gasteiger partial charge in [0.2, 0.25) is 5.91 Å². The molecule has 0 saturated heterocycles. The number of esters is 1. The third-order valence-electron chi connectivity index (χ3n) is 7.31. The van der Waals surface area contributed by atoms with Crippen LogP contribution in [0.1, 0.15) is 162 Å². The van der Waals surface area contributed by atoms with Gasteiger partial charge < -0.3 is 15.2 Å². The van der Waals surface area contributed by atoms with E-state index in [9.17, 15) is 14.4 Å². The van der Waals surface area contributed by atoms with Crippen LogP contribution < -0.4 is 5.32 Å². The summed E-state index contributed by atoms with van der Waals surface area (Å²) in [5, 5.41) is 11.0. The Labute approximate surface area is 257 Å². The summed E-state index contributed by atoms with van der Waals surface area (Å²) in [6.45, 7) is 4.06. The predicted octanol–water partition coefficient (Wildman–Crippen LogP) is 9.78. The number of nitrogens with one attached hydrogen (secondary N) is 1. The van der Waals surface area contributed by atoms with Gasteiger partial charge >= 0.3 is 11.9 Å². The molecule has 0 aromatic rings. The van der Waals surface area contributed by atoms with Gasteiger partial charge in [-0.3, -0.25) is 14.4 Å². The van der Waals surface area contributed by atoms with Crippen LogP contribution in [0.25, 0.3) is 0 Å². The van der Waals surface area contributed by atoms with E-state index in [0.29, 0.717) is 12.8 Å². The third-order valence-corrected chi connectivity index (χ3v) is 7.31. The first-order chi connectivity index (χ1) is 20.5. The highest BCUT2D eigenvalue weighted by Crippen LogP contribution is 2.15. The first kappa shape index (κ1) is 39.6. The predicted molar refractivity (Wildman–Crippen MR) is 175 cm³/mol. The van der Waals surface area contributed by atoms with Gasteiger partial charge in [-0.25, -0.2) is 0 Å². The van der Waals surface area contributed by atoms with E-state index in [0.717, 1.165) is 64.2 Å². The van der Waals surface area contributed by atoms with E-state index in [-0.39, 0.29) is 24.5 Å². The monoisotopic (exact) mass is 589 g/mol. The number of amides is 1. The van der Waals surface area contributed by atoms with Crippen molar-refractivity contribution in [2.24, 2.45) is 0 Å². The van der Waals surface area contributed by atoms with Crippen LogP contribution >= 0.6 is 0 Å². The van der Waals surface area contributed by atoms with Crippen LogP contribution in [0, 0.1) is 0 Å². The fourth-order valence-electron chi connectivity index (χ4n) is 4.80. The van der Waals surface area contributed by atoms with Gasteiger partial charge in [0, 0.05) is 12.8 Å². The van der Waals surface area contributed by atoms with Crippen molar-refractivity contribution in [2.45, 2.75) is 168 Å². The summed E-state index contributed by atoms with van der Waals surface area (Å²) in [4.78, 5) is 34.7. The van der Waals surface area contributed by atoms with Crippen LogP contribution in [0.15, 0.2) is 36.5 Å². The summed E-state index contributed by atoms with van der Waals surface area (Å²) < 4.78 is 5.84. The third kappa shape index (κ3) is 30.6. The summed E-state index contributed by atoms with van der Waals surface area (Å²) >= 11 is 0. The van der Waals surface area contributed by atoms with E-state index in [2.05, 4.69) is 49.5 Å². The summed E-state index contributed by atoms with van der Waals surface area (Å²) in [5.74, 6) is -1.36. The van der Waals surface area contributed by atoms with Gasteiger partial charge in [0.25, 0.3) is 0 Å². The number of carbonyl (C=O) groups is 3. The molecule has 1 amide bonds. The number of carboxylic acid groups (broad SMARTS) is 1. The minimum absolute atomic E-state index is 0.108. The average molecular weight is 590 g/mol. The lowest BCUT2D eigenvalue weighted by Gasteiger charge is -2.14. The lowest BCUT2D eigenvalue weighted by Crippen LogP contribution is -2.28. The van der Waals surface area contributed by atoms with E-state index >= 15 is 0 Å². The number of carboxylic acids is 1. The number of hydrogen-bond acceptors (Lipinski definition) is 4. The zero-order valence-corrected chi connectivity index (χ0v) is 27.1. The highest BCUT2D eigenvalue weighted by molar-refractivity contribution is 5.80. The van der Waals surface area contributed by atoms with E-state index in [4.69, 9.17) is 9.84 Å². The van der Waals surface area contributed by atoms with Gasteiger partial charge in [-0.05, 0) is 51.0 Å². The molecule has 0 bridgehead atoms. The number of unbranched alkanes of at least 4 members (excludes halogenated alkanes) is 15. The molecule has 0 spiro atoms. The molecule has 6 heteroatoms. The Kier molecular flexibility index (Phi) is 29.8. The average Bonchev–Trinajstić information content (AvgIpc) is 2.97. The van der Waals surface area contributed by atoms with E-state index in [1.807, 2.05) is 6.08 Å². The molecule has 42 heavy (non-hydrogen) atoms. The van der Waals surface area contributed by atoms with Gasteiger partial charge in [0.05, 0.1) is 0 Å². The van der Waals surface area contributed by atoms with Gasteiger partial charge in [-0.15, -0.1) is 0 Å². The second-order valence-electron chi connectivity index (χ2n) is 11.4. The van der Waals surface area contributed by atoms with Crippen molar-refractivity contribution < 1.29 is 24.2 Å². The van der Waals surface area contributed by atoms with Gasteiger partial charge in [0.15, 0.2) is 0 Å². The number of ether oxygens (including phenoxy) is 1. The van der Waals surface area contributed by atoms with Crippen molar-refractivity contribution in [3.8, 4) is 0 Å². The van der Waals surface area contributed by atoms with Crippen LogP contribution in [-0.2, 0) is 19.1 Å². The normalized spacial score (nSPS) is 12.4. The number of aliphatic carboxylic acids is 1. The smallest absolute Gasteiger partial charge is 0.322 e. The molecule has 242 valence electrons. The largest absolute Gasteiger partial charge is 0.480 e. The van der Waals surface area contributed by atoms with E-state index in [1.54, 1.807) is 0 Å². The molecule has 0 aromatic heterocycles. The number of hydrogen-bond donors (Lipinski definition) is 2. The molecule has 2 N–H and O–H groups in total. The minimum Gasteiger partial charge on any atom is -0.480 e. The summed E-state index contributed by atoms with van der Waals surface area (Å²) in [7, 11) is 0. The van der Waals surface area contributed by atoms with E-state index < -0.39 is 5.97 Å². The molecule has 0 aromatic carbocycles. The lowest BCUT2D eigenvalue weighted by atomic mass is 10.0.